The van der Waals surface area contributed by atoms with E-state index in [1.807, 2.05) is 79.9 Å². The molecule has 0 saturated heterocycles. The largest absolute Gasteiger partial charge is 0.493 e. The van der Waals surface area contributed by atoms with E-state index in [4.69, 9.17) is 14.5 Å². The first kappa shape index (κ1) is 24.1. The molecule has 0 bridgehead atoms. The van der Waals surface area contributed by atoms with Gasteiger partial charge in [-0.15, -0.1) is 11.3 Å². The molecular formula is C31H25FN2O3S. The maximum atomic E-state index is 14.3. The molecule has 4 aromatic carbocycles. The maximum Gasteiger partial charge on any atom is 0.232 e. The number of carbonyl (C=O) groups excluding carboxylic acids is 1. The fourth-order valence-electron chi connectivity index (χ4n) is 5.23. The summed E-state index contributed by atoms with van der Waals surface area (Å²) in [5.74, 6) is 1.23. The lowest BCUT2D eigenvalue weighted by Gasteiger charge is -2.38. The number of aromatic nitrogens is 1. The van der Waals surface area contributed by atoms with Gasteiger partial charge in [0.05, 0.1) is 18.2 Å². The van der Waals surface area contributed by atoms with Crippen LogP contribution in [0.25, 0.3) is 22.0 Å². The first-order valence-electron chi connectivity index (χ1n) is 12.3. The minimum absolute atomic E-state index is 0.169. The van der Waals surface area contributed by atoms with Gasteiger partial charge in [-0.1, -0.05) is 68.4 Å². The zero-order valence-electron chi connectivity index (χ0n) is 21.1. The molecular weight excluding hydrogens is 499 g/mol. The summed E-state index contributed by atoms with van der Waals surface area (Å²) < 4.78 is 26.1. The SMILES string of the molecule is COc1cccc2c1Oc1ccccc1C2C(C)(C)C(=O)Nc1nc(-c2ccc(F)c3ccccc23)cs1. The van der Waals surface area contributed by atoms with Crippen molar-refractivity contribution in [2.75, 3.05) is 12.4 Å². The van der Waals surface area contributed by atoms with Crippen LogP contribution in [0, 0.1) is 11.2 Å². The van der Waals surface area contributed by atoms with E-state index in [0.29, 0.717) is 33.5 Å². The summed E-state index contributed by atoms with van der Waals surface area (Å²) in [6.07, 6.45) is 0. The summed E-state index contributed by atoms with van der Waals surface area (Å²) in [4.78, 5) is 18.5. The molecule has 2 heterocycles. The second-order valence-corrected chi connectivity index (χ2v) is 10.7. The van der Waals surface area contributed by atoms with E-state index in [1.165, 1.54) is 17.4 Å². The molecule has 1 aliphatic rings. The fraction of sp³-hybridized carbons (Fsp3) is 0.161. The number of hydrogen-bond donors (Lipinski definition) is 1. The number of para-hydroxylation sites is 2. The highest BCUT2D eigenvalue weighted by Gasteiger charge is 2.44. The zero-order valence-corrected chi connectivity index (χ0v) is 21.9. The van der Waals surface area contributed by atoms with Crippen molar-refractivity contribution >= 4 is 33.1 Å². The number of benzene rings is 4. The molecule has 6 rings (SSSR count). The molecule has 0 radical (unpaired) electrons. The molecule has 0 fully saturated rings. The van der Waals surface area contributed by atoms with Crippen molar-refractivity contribution in [3.63, 3.8) is 0 Å². The third kappa shape index (κ3) is 3.90. The van der Waals surface area contributed by atoms with Gasteiger partial charge in [-0.25, -0.2) is 9.37 Å². The summed E-state index contributed by atoms with van der Waals surface area (Å²) in [7, 11) is 1.61. The number of methoxy groups -OCH3 is 1. The van der Waals surface area contributed by atoms with E-state index in [1.54, 1.807) is 19.2 Å². The molecule has 0 saturated carbocycles. The molecule has 1 unspecified atom stereocenters. The normalized spacial score (nSPS) is 14.4. The highest BCUT2D eigenvalue weighted by Crippen LogP contribution is 2.54. The van der Waals surface area contributed by atoms with Crippen LogP contribution in [0.4, 0.5) is 9.52 Å². The predicted molar refractivity (Wildman–Crippen MR) is 149 cm³/mol. The molecule has 1 N–H and O–H groups in total. The average Bonchev–Trinajstić information content (AvgIpc) is 3.39. The molecule has 1 aliphatic heterocycles. The second-order valence-electron chi connectivity index (χ2n) is 9.81. The number of hydrogen-bond acceptors (Lipinski definition) is 5. The Kier molecular flexibility index (Phi) is 5.88. The second kappa shape index (κ2) is 9.26. The Morgan fingerprint density at radius 1 is 0.974 bits per heavy atom. The van der Waals surface area contributed by atoms with E-state index in [-0.39, 0.29) is 17.6 Å². The highest BCUT2D eigenvalue weighted by molar-refractivity contribution is 7.14. The first-order valence-corrected chi connectivity index (χ1v) is 13.1. The fourth-order valence-corrected chi connectivity index (χ4v) is 5.93. The molecule has 1 atom stereocenters. The van der Waals surface area contributed by atoms with Gasteiger partial charge in [0, 0.05) is 33.4 Å². The zero-order chi connectivity index (χ0) is 26.4. The van der Waals surface area contributed by atoms with Gasteiger partial charge in [0.25, 0.3) is 0 Å². The molecule has 5 aromatic rings. The number of nitrogens with one attached hydrogen (secondary N) is 1. The Hall–Kier alpha value is -4.23. The van der Waals surface area contributed by atoms with Crippen molar-refractivity contribution in [3.8, 4) is 28.5 Å². The molecule has 38 heavy (non-hydrogen) atoms. The van der Waals surface area contributed by atoms with Crippen LogP contribution in [0.15, 0.2) is 84.2 Å². The van der Waals surface area contributed by atoms with Crippen LogP contribution >= 0.6 is 11.3 Å². The van der Waals surface area contributed by atoms with Crippen LogP contribution in [-0.2, 0) is 4.79 Å². The molecule has 1 aromatic heterocycles. The third-order valence-electron chi connectivity index (χ3n) is 7.16. The standard InChI is InChI=1S/C31H25FN2O3S/c1-31(2,27-21-11-6-7-13-25(21)37-28-22(27)12-8-14-26(28)36-3)29(35)34-30-33-24(17-38-30)20-15-16-23(32)19-10-5-4-9-18(19)20/h4-17,27H,1-3H3,(H,33,34,35). The monoisotopic (exact) mass is 524 g/mol. The Labute approximate surface area is 223 Å². The summed E-state index contributed by atoms with van der Waals surface area (Å²) in [5.41, 5.74) is 2.46. The van der Waals surface area contributed by atoms with Gasteiger partial charge in [-0.2, -0.15) is 0 Å². The number of fused-ring (bicyclic) bond motifs is 3. The summed E-state index contributed by atoms with van der Waals surface area (Å²) >= 11 is 1.34. The lowest BCUT2D eigenvalue weighted by Crippen LogP contribution is -2.38. The number of thiazole rings is 1. The van der Waals surface area contributed by atoms with E-state index >= 15 is 0 Å². The summed E-state index contributed by atoms with van der Waals surface area (Å²) in [5, 5.41) is 6.72. The van der Waals surface area contributed by atoms with E-state index in [2.05, 4.69) is 5.32 Å². The number of halogens is 1. The van der Waals surface area contributed by atoms with Gasteiger partial charge in [-0.3, -0.25) is 4.79 Å². The van der Waals surface area contributed by atoms with E-state index in [0.717, 1.165) is 22.1 Å². The average molecular weight is 525 g/mol. The number of rotatable bonds is 5. The number of amides is 1. The van der Waals surface area contributed by atoms with Crippen molar-refractivity contribution in [2.24, 2.45) is 5.41 Å². The van der Waals surface area contributed by atoms with Crippen LogP contribution in [0.5, 0.6) is 17.2 Å². The highest BCUT2D eigenvalue weighted by atomic mass is 32.1. The van der Waals surface area contributed by atoms with Crippen molar-refractivity contribution in [3.05, 3.63) is 101 Å². The van der Waals surface area contributed by atoms with Crippen LogP contribution in [0.2, 0.25) is 0 Å². The lowest BCUT2D eigenvalue weighted by molar-refractivity contribution is -0.124. The number of anilines is 1. The summed E-state index contributed by atoms with van der Waals surface area (Å²) in [6, 6.07) is 24.0. The Bertz CT molecular complexity index is 1690. The van der Waals surface area contributed by atoms with Gasteiger partial charge in [-0.05, 0) is 29.7 Å². The summed E-state index contributed by atoms with van der Waals surface area (Å²) in [6.45, 7) is 3.86. The van der Waals surface area contributed by atoms with Crippen molar-refractivity contribution in [2.45, 2.75) is 19.8 Å². The van der Waals surface area contributed by atoms with Crippen molar-refractivity contribution in [1.29, 1.82) is 0 Å². The van der Waals surface area contributed by atoms with E-state index < -0.39 is 5.41 Å². The van der Waals surface area contributed by atoms with Gasteiger partial charge in [0.1, 0.15) is 11.6 Å². The Morgan fingerprint density at radius 3 is 2.53 bits per heavy atom. The van der Waals surface area contributed by atoms with Gasteiger partial charge in [0.2, 0.25) is 5.91 Å². The predicted octanol–water partition coefficient (Wildman–Crippen LogP) is 8.01. The van der Waals surface area contributed by atoms with Crippen molar-refractivity contribution in [1.82, 2.24) is 4.98 Å². The Morgan fingerprint density at radius 2 is 1.71 bits per heavy atom. The quantitative estimate of drug-likeness (QED) is 0.253. The van der Waals surface area contributed by atoms with Crippen LogP contribution < -0.4 is 14.8 Å². The first-order chi connectivity index (χ1) is 18.4. The lowest BCUT2D eigenvalue weighted by atomic mass is 9.69. The van der Waals surface area contributed by atoms with Crippen LogP contribution in [0.1, 0.15) is 30.9 Å². The molecule has 1 amide bonds. The molecule has 5 nitrogen and oxygen atoms in total. The molecule has 190 valence electrons. The van der Waals surface area contributed by atoms with Crippen LogP contribution in [0.3, 0.4) is 0 Å². The molecule has 7 heteroatoms. The minimum Gasteiger partial charge on any atom is -0.493 e. The molecule has 0 spiro atoms. The number of ether oxygens (including phenoxy) is 2. The number of nitrogens with zero attached hydrogens (tertiary/aromatic N) is 1. The van der Waals surface area contributed by atoms with Crippen molar-refractivity contribution < 1.29 is 18.7 Å². The minimum atomic E-state index is -0.866. The molecule has 0 aliphatic carbocycles. The van der Waals surface area contributed by atoms with E-state index in [9.17, 15) is 9.18 Å². The van der Waals surface area contributed by atoms with Gasteiger partial charge >= 0.3 is 0 Å². The Balaban J connectivity index is 1.35. The topological polar surface area (TPSA) is 60.5 Å². The van der Waals surface area contributed by atoms with Gasteiger partial charge < -0.3 is 14.8 Å². The maximum absolute atomic E-state index is 14.3. The third-order valence-corrected chi connectivity index (χ3v) is 7.92. The van der Waals surface area contributed by atoms with Gasteiger partial charge in [0.15, 0.2) is 16.6 Å². The number of carbonyl (C=O) groups is 1. The smallest absolute Gasteiger partial charge is 0.232 e. The van der Waals surface area contributed by atoms with Crippen LogP contribution in [-0.4, -0.2) is 18.0 Å².